The standard InChI is InChI=1S/C21H22N2O5S/c1-25-10-11-28-18-7-5-4-6-15(18)21-23-17(13-29-21)20(24)22-16-9-8-14(26-2)12-19(16)27-3/h4-9,12-13H,10-11H2,1-3H3,(H,22,24). The number of hydrogen-bond acceptors (Lipinski definition) is 7. The van der Waals surface area contributed by atoms with E-state index in [1.54, 1.807) is 37.8 Å². The molecule has 1 amide bonds. The van der Waals surface area contributed by atoms with E-state index < -0.39 is 0 Å². The van der Waals surface area contributed by atoms with Crippen molar-refractivity contribution in [2.75, 3.05) is 39.9 Å². The molecule has 0 aliphatic rings. The quantitative estimate of drug-likeness (QED) is 0.531. The van der Waals surface area contributed by atoms with E-state index in [-0.39, 0.29) is 5.91 Å². The van der Waals surface area contributed by atoms with Gasteiger partial charge in [-0.1, -0.05) is 12.1 Å². The van der Waals surface area contributed by atoms with E-state index >= 15 is 0 Å². The van der Waals surface area contributed by atoms with Gasteiger partial charge in [-0.3, -0.25) is 4.79 Å². The first kappa shape index (κ1) is 20.6. The average molecular weight is 414 g/mol. The lowest BCUT2D eigenvalue weighted by Gasteiger charge is -2.11. The molecule has 0 saturated heterocycles. The van der Waals surface area contributed by atoms with Crippen LogP contribution >= 0.6 is 11.3 Å². The molecule has 7 nitrogen and oxygen atoms in total. The van der Waals surface area contributed by atoms with Crippen LogP contribution in [0.1, 0.15) is 10.5 Å². The number of carbonyl (C=O) groups is 1. The summed E-state index contributed by atoms with van der Waals surface area (Å²) < 4.78 is 21.3. The second-order valence-electron chi connectivity index (χ2n) is 5.90. The van der Waals surface area contributed by atoms with E-state index in [1.165, 1.54) is 18.4 Å². The fraction of sp³-hybridized carbons (Fsp3) is 0.238. The molecule has 1 N–H and O–H groups in total. The lowest BCUT2D eigenvalue weighted by Crippen LogP contribution is -2.13. The number of aromatic nitrogens is 1. The molecular formula is C21H22N2O5S. The van der Waals surface area contributed by atoms with Crippen LogP contribution in [0.5, 0.6) is 17.2 Å². The predicted octanol–water partition coefficient (Wildman–Crippen LogP) is 4.10. The highest BCUT2D eigenvalue weighted by molar-refractivity contribution is 7.13. The summed E-state index contributed by atoms with van der Waals surface area (Å²) in [6.07, 6.45) is 0. The zero-order valence-corrected chi connectivity index (χ0v) is 17.2. The third kappa shape index (κ3) is 5.04. The van der Waals surface area contributed by atoms with Crippen molar-refractivity contribution in [1.29, 1.82) is 0 Å². The second-order valence-corrected chi connectivity index (χ2v) is 6.75. The van der Waals surface area contributed by atoms with Crippen LogP contribution in [0.3, 0.4) is 0 Å². The van der Waals surface area contributed by atoms with Crippen molar-refractivity contribution in [2.24, 2.45) is 0 Å². The summed E-state index contributed by atoms with van der Waals surface area (Å²) in [6, 6.07) is 12.8. The monoisotopic (exact) mass is 414 g/mol. The average Bonchev–Trinajstić information content (AvgIpc) is 3.25. The lowest BCUT2D eigenvalue weighted by atomic mass is 10.2. The normalized spacial score (nSPS) is 10.4. The van der Waals surface area contributed by atoms with Crippen molar-refractivity contribution in [1.82, 2.24) is 4.98 Å². The van der Waals surface area contributed by atoms with Gasteiger partial charge in [0.05, 0.1) is 32.1 Å². The number of ether oxygens (including phenoxy) is 4. The molecular weight excluding hydrogens is 392 g/mol. The van der Waals surface area contributed by atoms with Crippen LogP contribution < -0.4 is 19.5 Å². The van der Waals surface area contributed by atoms with Crippen molar-refractivity contribution in [3.05, 3.63) is 53.5 Å². The molecule has 0 bridgehead atoms. The fourth-order valence-electron chi connectivity index (χ4n) is 2.59. The van der Waals surface area contributed by atoms with Crippen LogP contribution in [0.2, 0.25) is 0 Å². The summed E-state index contributed by atoms with van der Waals surface area (Å²) in [5, 5.41) is 5.24. The lowest BCUT2D eigenvalue weighted by molar-refractivity contribution is 0.102. The molecule has 8 heteroatoms. The Morgan fingerprint density at radius 1 is 1.03 bits per heavy atom. The number of methoxy groups -OCH3 is 3. The molecule has 3 aromatic rings. The molecule has 0 radical (unpaired) electrons. The molecule has 0 fully saturated rings. The molecule has 1 aromatic heterocycles. The minimum atomic E-state index is -0.325. The van der Waals surface area contributed by atoms with Gasteiger partial charge in [0, 0.05) is 18.6 Å². The van der Waals surface area contributed by atoms with Gasteiger partial charge in [-0.05, 0) is 24.3 Å². The Labute approximate surface area is 173 Å². The number of hydrogen-bond donors (Lipinski definition) is 1. The number of anilines is 1. The number of carbonyl (C=O) groups excluding carboxylic acids is 1. The summed E-state index contributed by atoms with van der Waals surface area (Å²) in [4.78, 5) is 17.2. The molecule has 152 valence electrons. The van der Waals surface area contributed by atoms with Gasteiger partial charge < -0.3 is 24.3 Å². The molecule has 0 aliphatic carbocycles. The Morgan fingerprint density at radius 2 is 1.86 bits per heavy atom. The largest absolute Gasteiger partial charge is 0.497 e. The van der Waals surface area contributed by atoms with Gasteiger partial charge in [-0.25, -0.2) is 4.98 Å². The molecule has 29 heavy (non-hydrogen) atoms. The molecule has 1 heterocycles. The van der Waals surface area contributed by atoms with Crippen LogP contribution in [-0.4, -0.2) is 45.4 Å². The molecule has 3 rings (SSSR count). The summed E-state index contributed by atoms with van der Waals surface area (Å²) >= 11 is 1.38. The van der Waals surface area contributed by atoms with Crippen molar-refractivity contribution >= 4 is 22.9 Å². The molecule has 0 atom stereocenters. The minimum Gasteiger partial charge on any atom is -0.497 e. The first-order valence-electron chi connectivity index (χ1n) is 8.86. The van der Waals surface area contributed by atoms with E-state index in [4.69, 9.17) is 18.9 Å². The number of para-hydroxylation sites is 1. The zero-order valence-electron chi connectivity index (χ0n) is 16.4. The van der Waals surface area contributed by atoms with Gasteiger partial charge in [-0.15, -0.1) is 11.3 Å². The van der Waals surface area contributed by atoms with Crippen LogP contribution in [0.4, 0.5) is 5.69 Å². The van der Waals surface area contributed by atoms with Crippen LogP contribution in [0.15, 0.2) is 47.8 Å². The highest BCUT2D eigenvalue weighted by atomic mass is 32.1. The maximum atomic E-state index is 12.7. The van der Waals surface area contributed by atoms with Crippen LogP contribution in [-0.2, 0) is 4.74 Å². The van der Waals surface area contributed by atoms with Crippen LogP contribution in [0.25, 0.3) is 10.6 Å². The van der Waals surface area contributed by atoms with Crippen molar-refractivity contribution < 1.29 is 23.7 Å². The molecule has 0 aliphatic heterocycles. The summed E-state index contributed by atoms with van der Waals surface area (Å²) in [5.74, 6) is 1.52. The first-order valence-corrected chi connectivity index (χ1v) is 9.74. The fourth-order valence-corrected chi connectivity index (χ4v) is 3.42. The third-order valence-corrected chi connectivity index (χ3v) is 4.93. The summed E-state index contributed by atoms with van der Waals surface area (Å²) in [5.41, 5.74) is 1.68. The Balaban J connectivity index is 1.78. The number of nitrogens with zero attached hydrogens (tertiary/aromatic N) is 1. The highest BCUT2D eigenvalue weighted by Crippen LogP contribution is 2.33. The molecule has 0 spiro atoms. The van der Waals surface area contributed by atoms with Crippen molar-refractivity contribution in [3.8, 4) is 27.8 Å². The van der Waals surface area contributed by atoms with E-state index in [0.717, 1.165) is 5.56 Å². The van der Waals surface area contributed by atoms with Gasteiger partial charge >= 0.3 is 0 Å². The van der Waals surface area contributed by atoms with Gasteiger partial charge in [-0.2, -0.15) is 0 Å². The maximum absolute atomic E-state index is 12.7. The predicted molar refractivity (Wildman–Crippen MR) is 112 cm³/mol. The Morgan fingerprint density at radius 3 is 2.62 bits per heavy atom. The summed E-state index contributed by atoms with van der Waals surface area (Å²) in [7, 11) is 4.73. The Kier molecular flexibility index (Phi) is 7.04. The van der Waals surface area contributed by atoms with Gasteiger partial charge in [0.1, 0.15) is 34.6 Å². The van der Waals surface area contributed by atoms with Gasteiger partial charge in [0.15, 0.2) is 0 Å². The molecule has 0 unspecified atom stereocenters. The number of rotatable bonds is 9. The Bertz CT molecular complexity index is 973. The van der Waals surface area contributed by atoms with Crippen LogP contribution in [0, 0.1) is 0 Å². The number of nitrogens with one attached hydrogen (secondary N) is 1. The van der Waals surface area contributed by atoms with E-state index in [0.29, 0.717) is 46.9 Å². The number of amides is 1. The van der Waals surface area contributed by atoms with Gasteiger partial charge in [0.25, 0.3) is 5.91 Å². The number of benzene rings is 2. The summed E-state index contributed by atoms with van der Waals surface area (Å²) in [6.45, 7) is 0.924. The van der Waals surface area contributed by atoms with Crippen molar-refractivity contribution in [3.63, 3.8) is 0 Å². The zero-order chi connectivity index (χ0) is 20.6. The van der Waals surface area contributed by atoms with Crippen molar-refractivity contribution in [2.45, 2.75) is 0 Å². The SMILES string of the molecule is COCCOc1ccccc1-c1nc(C(=O)Nc2ccc(OC)cc2OC)cs1. The topological polar surface area (TPSA) is 78.9 Å². The Hall–Kier alpha value is -3.10. The van der Waals surface area contributed by atoms with E-state index in [2.05, 4.69) is 10.3 Å². The van der Waals surface area contributed by atoms with Gasteiger partial charge in [0.2, 0.25) is 0 Å². The molecule has 0 saturated carbocycles. The molecule has 2 aromatic carbocycles. The number of thiazole rings is 1. The highest BCUT2D eigenvalue weighted by Gasteiger charge is 2.16. The third-order valence-electron chi connectivity index (χ3n) is 4.06. The smallest absolute Gasteiger partial charge is 0.275 e. The second kappa shape index (κ2) is 9.90. The van der Waals surface area contributed by atoms with E-state index in [9.17, 15) is 4.79 Å². The maximum Gasteiger partial charge on any atom is 0.275 e. The van der Waals surface area contributed by atoms with E-state index in [1.807, 2.05) is 24.3 Å². The minimum absolute atomic E-state index is 0.314. The first-order chi connectivity index (χ1) is 14.2.